The molecule has 1 unspecified atom stereocenters. The first-order chi connectivity index (χ1) is 10.4. The Labute approximate surface area is 130 Å². The third-order valence-corrected chi connectivity index (χ3v) is 4.28. The second-order valence-corrected chi connectivity index (χ2v) is 6.11. The molecule has 1 amide bonds. The molecular weight excluding hydrogens is 282 g/mol. The minimum absolute atomic E-state index is 0.0131. The fourth-order valence-corrected chi connectivity index (χ4v) is 2.88. The number of amides is 1. The number of piperidine rings is 1. The molecule has 1 saturated heterocycles. The third kappa shape index (κ3) is 3.82. The van der Waals surface area contributed by atoms with Crippen molar-refractivity contribution >= 4 is 11.6 Å². The Morgan fingerprint density at radius 2 is 2.23 bits per heavy atom. The molecule has 1 aromatic rings. The van der Waals surface area contributed by atoms with Crippen molar-refractivity contribution in [1.29, 1.82) is 0 Å². The zero-order valence-electron chi connectivity index (χ0n) is 13.3. The van der Waals surface area contributed by atoms with Gasteiger partial charge in [-0.05, 0) is 45.7 Å². The Morgan fingerprint density at radius 3 is 2.86 bits per heavy atom. The molecule has 0 aromatic heterocycles. The van der Waals surface area contributed by atoms with E-state index in [1.54, 1.807) is 19.1 Å². The fourth-order valence-electron chi connectivity index (χ4n) is 2.88. The highest BCUT2D eigenvalue weighted by Gasteiger charge is 2.26. The lowest BCUT2D eigenvalue weighted by atomic mass is 9.92. The van der Waals surface area contributed by atoms with Crippen LogP contribution in [0.15, 0.2) is 18.2 Å². The number of carbonyl (C=O) groups is 1. The van der Waals surface area contributed by atoms with Crippen LogP contribution in [0.2, 0.25) is 0 Å². The third-order valence-electron chi connectivity index (χ3n) is 4.28. The van der Waals surface area contributed by atoms with Crippen molar-refractivity contribution in [3.8, 4) is 0 Å². The molecule has 2 N–H and O–H groups in total. The average Bonchev–Trinajstić information content (AvgIpc) is 2.47. The molecule has 0 aliphatic carbocycles. The SMILES string of the molecule is Cc1ccc(C(C)NC(=O)[C@H]2CCN[C@@H](C)C2)cc1[N+](=O)[O-]. The predicted molar refractivity (Wildman–Crippen MR) is 84.6 cm³/mol. The minimum Gasteiger partial charge on any atom is -0.349 e. The normalized spacial score (nSPS) is 22.9. The second kappa shape index (κ2) is 6.87. The van der Waals surface area contributed by atoms with Gasteiger partial charge < -0.3 is 10.6 Å². The maximum atomic E-state index is 12.3. The van der Waals surface area contributed by atoms with Crippen LogP contribution in [0.3, 0.4) is 0 Å². The summed E-state index contributed by atoms with van der Waals surface area (Å²) in [7, 11) is 0. The summed E-state index contributed by atoms with van der Waals surface area (Å²) >= 11 is 0. The van der Waals surface area contributed by atoms with Gasteiger partial charge in [-0.2, -0.15) is 0 Å². The molecule has 1 aliphatic rings. The standard InChI is InChI=1S/C16H23N3O3/c1-10-4-5-13(9-15(10)19(21)22)12(3)18-16(20)14-6-7-17-11(2)8-14/h4-5,9,11-12,14,17H,6-8H2,1-3H3,(H,18,20)/t11-,12?,14-/m0/s1. The van der Waals surface area contributed by atoms with E-state index in [1.807, 2.05) is 13.0 Å². The van der Waals surface area contributed by atoms with E-state index in [0.29, 0.717) is 11.6 Å². The summed E-state index contributed by atoms with van der Waals surface area (Å²) in [5, 5.41) is 17.3. The van der Waals surface area contributed by atoms with Crippen molar-refractivity contribution < 1.29 is 9.72 Å². The van der Waals surface area contributed by atoms with Crippen LogP contribution in [0.4, 0.5) is 5.69 Å². The molecule has 0 radical (unpaired) electrons. The summed E-state index contributed by atoms with van der Waals surface area (Å²) in [6.45, 7) is 6.49. The van der Waals surface area contributed by atoms with Crippen LogP contribution in [-0.4, -0.2) is 23.4 Å². The first-order valence-electron chi connectivity index (χ1n) is 7.67. The fraction of sp³-hybridized carbons (Fsp3) is 0.562. The van der Waals surface area contributed by atoms with E-state index in [0.717, 1.165) is 24.9 Å². The predicted octanol–water partition coefficient (Wildman–Crippen LogP) is 2.47. The van der Waals surface area contributed by atoms with Crippen LogP contribution in [0, 0.1) is 23.0 Å². The van der Waals surface area contributed by atoms with Crippen LogP contribution < -0.4 is 10.6 Å². The van der Waals surface area contributed by atoms with Crippen LogP contribution in [-0.2, 0) is 4.79 Å². The number of hydrogen-bond donors (Lipinski definition) is 2. The van der Waals surface area contributed by atoms with E-state index in [9.17, 15) is 14.9 Å². The molecule has 0 spiro atoms. The van der Waals surface area contributed by atoms with Gasteiger partial charge in [0.2, 0.25) is 5.91 Å². The number of hydrogen-bond acceptors (Lipinski definition) is 4. The Balaban J connectivity index is 2.05. The number of nitrogens with zero attached hydrogens (tertiary/aromatic N) is 1. The van der Waals surface area contributed by atoms with Crippen molar-refractivity contribution in [3.05, 3.63) is 39.4 Å². The monoisotopic (exact) mass is 305 g/mol. The van der Waals surface area contributed by atoms with Crippen molar-refractivity contribution in [2.45, 2.75) is 45.7 Å². The lowest BCUT2D eigenvalue weighted by molar-refractivity contribution is -0.385. The summed E-state index contributed by atoms with van der Waals surface area (Å²) in [6.07, 6.45) is 1.66. The largest absolute Gasteiger partial charge is 0.349 e. The molecule has 1 fully saturated rings. The van der Waals surface area contributed by atoms with Gasteiger partial charge >= 0.3 is 0 Å². The van der Waals surface area contributed by atoms with Crippen LogP contribution in [0.5, 0.6) is 0 Å². The Morgan fingerprint density at radius 1 is 1.50 bits per heavy atom. The molecule has 22 heavy (non-hydrogen) atoms. The van der Waals surface area contributed by atoms with Crippen LogP contribution in [0.25, 0.3) is 0 Å². The lowest BCUT2D eigenvalue weighted by Crippen LogP contribution is -2.42. The summed E-state index contributed by atoms with van der Waals surface area (Å²) < 4.78 is 0. The topological polar surface area (TPSA) is 84.3 Å². The van der Waals surface area contributed by atoms with Gasteiger partial charge in [-0.3, -0.25) is 14.9 Å². The van der Waals surface area contributed by atoms with Crippen molar-refractivity contribution in [3.63, 3.8) is 0 Å². The molecule has 6 heteroatoms. The van der Waals surface area contributed by atoms with Gasteiger partial charge in [0.05, 0.1) is 11.0 Å². The maximum Gasteiger partial charge on any atom is 0.272 e. The van der Waals surface area contributed by atoms with E-state index in [4.69, 9.17) is 0 Å². The number of aryl methyl sites for hydroxylation is 1. The molecular formula is C16H23N3O3. The van der Waals surface area contributed by atoms with Crippen molar-refractivity contribution in [2.24, 2.45) is 5.92 Å². The highest BCUT2D eigenvalue weighted by atomic mass is 16.6. The molecule has 120 valence electrons. The first kappa shape index (κ1) is 16.4. The van der Waals surface area contributed by atoms with Crippen molar-refractivity contribution in [1.82, 2.24) is 10.6 Å². The van der Waals surface area contributed by atoms with E-state index in [2.05, 4.69) is 17.6 Å². The summed E-state index contributed by atoms with van der Waals surface area (Å²) in [4.78, 5) is 23.0. The first-order valence-corrected chi connectivity index (χ1v) is 7.67. The highest BCUT2D eigenvalue weighted by Crippen LogP contribution is 2.24. The van der Waals surface area contributed by atoms with Crippen LogP contribution >= 0.6 is 0 Å². The lowest BCUT2D eigenvalue weighted by Gasteiger charge is -2.28. The summed E-state index contributed by atoms with van der Waals surface area (Å²) in [6, 6.07) is 5.21. The number of nitrogens with one attached hydrogen (secondary N) is 2. The van der Waals surface area contributed by atoms with E-state index in [1.165, 1.54) is 0 Å². The summed E-state index contributed by atoms with van der Waals surface area (Å²) in [5.41, 5.74) is 1.47. The van der Waals surface area contributed by atoms with E-state index in [-0.39, 0.29) is 28.5 Å². The number of carbonyl (C=O) groups excluding carboxylic acids is 1. The van der Waals surface area contributed by atoms with E-state index < -0.39 is 0 Å². The second-order valence-electron chi connectivity index (χ2n) is 6.11. The van der Waals surface area contributed by atoms with Gasteiger partial charge in [0.25, 0.3) is 5.69 Å². The smallest absolute Gasteiger partial charge is 0.272 e. The quantitative estimate of drug-likeness (QED) is 0.661. The molecule has 1 aliphatic heterocycles. The average molecular weight is 305 g/mol. The van der Waals surface area contributed by atoms with Gasteiger partial charge in [0, 0.05) is 23.6 Å². The number of nitro benzene ring substituents is 1. The Kier molecular flexibility index (Phi) is 5.13. The summed E-state index contributed by atoms with van der Waals surface area (Å²) in [5.74, 6) is 0.0446. The zero-order chi connectivity index (χ0) is 16.3. The van der Waals surface area contributed by atoms with Gasteiger partial charge in [0.1, 0.15) is 0 Å². The molecule has 0 bridgehead atoms. The molecule has 1 aromatic carbocycles. The van der Waals surface area contributed by atoms with Gasteiger partial charge in [0.15, 0.2) is 0 Å². The van der Waals surface area contributed by atoms with Gasteiger partial charge in [-0.25, -0.2) is 0 Å². The molecule has 0 saturated carbocycles. The molecule has 6 nitrogen and oxygen atoms in total. The van der Waals surface area contributed by atoms with E-state index >= 15 is 0 Å². The Bertz CT molecular complexity index is 574. The number of rotatable bonds is 4. The van der Waals surface area contributed by atoms with Gasteiger partial charge in [-0.15, -0.1) is 0 Å². The van der Waals surface area contributed by atoms with Gasteiger partial charge in [-0.1, -0.05) is 12.1 Å². The Hall–Kier alpha value is -1.95. The van der Waals surface area contributed by atoms with Crippen molar-refractivity contribution in [2.75, 3.05) is 6.54 Å². The molecule has 2 rings (SSSR count). The minimum atomic E-state index is -0.387. The molecule has 3 atom stereocenters. The zero-order valence-corrected chi connectivity index (χ0v) is 13.3. The van der Waals surface area contributed by atoms with Crippen LogP contribution in [0.1, 0.15) is 43.9 Å². The number of nitro groups is 1. The molecule has 1 heterocycles. The highest BCUT2D eigenvalue weighted by molar-refractivity contribution is 5.79. The number of benzene rings is 1. The maximum absolute atomic E-state index is 12.3.